The Hall–Kier alpha value is -6.89. The molecule has 8 amide bonds. The summed E-state index contributed by atoms with van der Waals surface area (Å²) in [5, 5.41) is 29.3. The molecular weight excluding hydrogens is 849 g/mol. The Bertz CT molecular complexity index is 2180. The summed E-state index contributed by atoms with van der Waals surface area (Å²) in [5.74, 6) is -5.64. The molecule has 2 saturated heterocycles. The fourth-order valence-electron chi connectivity index (χ4n) is 8.04. The van der Waals surface area contributed by atoms with E-state index < -0.39 is 108 Å². The standard InChI is InChI=1S/C47H62N10O9/c1-4-31-42(61)52-32(18-11-21-48)40(59)33(24-28(2)3)55-47(66)56-35(26-30-16-9-6-10-17-30)46(65)57-23-13-19-37(57)44(63)53-34(25-29-14-7-5-8-15-29)41(60)50-27-36(43(62)51-31)54-45(64)39-38(58)20-12-22-49-39/h5-10,12,14-17,20,22,28,31-37,58H,4,11,13,18-19,21,23-27,48H2,1-3H3,(H,50,60)(H,51,62)(H,52,61)(H,53,63)(H,54,64)(H2,55,56,66). The lowest BCUT2D eigenvalue weighted by molar-refractivity contribution is -0.140. The van der Waals surface area contributed by atoms with Gasteiger partial charge in [-0.1, -0.05) is 81.4 Å². The summed E-state index contributed by atoms with van der Waals surface area (Å²) in [4.78, 5) is 118. The van der Waals surface area contributed by atoms with Crippen molar-refractivity contribution in [3.63, 3.8) is 0 Å². The van der Waals surface area contributed by atoms with Crippen LogP contribution in [0.2, 0.25) is 0 Å². The molecule has 0 radical (unpaired) electrons. The molecule has 3 aromatic rings. The number of urea groups is 1. The highest BCUT2D eigenvalue weighted by atomic mass is 16.3. The molecule has 2 aliphatic heterocycles. The van der Waals surface area contributed by atoms with Crippen LogP contribution in [0.3, 0.4) is 0 Å². The first-order chi connectivity index (χ1) is 31.7. The van der Waals surface area contributed by atoms with Gasteiger partial charge in [0.25, 0.3) is 5.91 Å². The van der Waals surface area contributed by atoms with Gasteiger partial charge in [-0.15, -0.1) is 0 Å². The Balaban J connectivity index is 1.55. The summed E-state index contributed by atoms with van der Waals surface area (Å²) in [7, 11) is 0. The number of hydrogen-bond acceptors (Lipinski definition) is 11. The first-order valence-electron chi connectivity index (χ1n) is 22.5. The summed E-state index contributed by atoms with van der Waals surface area (Å²) in [6, 6.07) is 11.1. The van der Waals surface area contributed by atoms with Crippen LogP contribution in [-0.4, -0.2) is 124 Å². The molecule has 0 aliphatic carbocycles. The fourth-order valence-corrected chi connectivity index (χ4v) is 8.04. The van der Waals surface area contributed by atoms with Crippen LogP contribution in [0.1, 0.15) is 80.9 Å². The molecule has 7 unspecified atom stereocenters. The average molecular weight is 911 g/mol. The van der Waals surface area contributed by atoms with Crippen LogP contribution in [0.25, 0.3) is 0 Å². The number of fused-ring (bicyclic) bond motifs is 1. The van der Waals surface area contributed by atoms with Gasteiger partial charge in [-0.2, -0.15) is 0 Å². The van der Waals surface area contributed by atoms with Crippen LogP contribution in [-0.2, 0) is 41.6 Å². The van der Waals surface area contributed by atoms with Gasteiger partial charge in [-0.3, -0.25) is 33.6 Å². The van der Waals surface area contributed by atoms with Crippen molar-refractivity contribution in [3.8, 4) is 5.75 Å². The van der Waals surface area contributed by atoms with E-state index >= 15 is 0 Å². The largest absolute Gasteiger partial charge is 0.505 e. The summed E-state index contributed by atoms with van der Waals surface area (Å²) in [5.41, 5.74) is 6.84. The van der Waals surface area contributed by atoms with Gasteiger partial charge in [-0.25, -0.2) is 9.78 Å². The minimum atomic E-state index is -1.56. The van der Waals surface area contributed by atoms with Crippen molar-refractivity contribution in [1.29, 1.82) is 0 Å². The van der Waals surface area contributed by atoms with E-state index in [1.165, 1.54) is 23.2 Å². The molecule has 5 rings (SSSR count). The van der Waals surface area contributed by atoms with Crippen LogP contribution < -0.4 is 43.0 Å². The number of aromatic hydroxyl groups is 1. The molecule has 66 heavy (non-hydrogen) atoms. The average Bonchev–Trinajstić information content (AvgIpc) is 3.80. The number of ketones is 1. The maximum Gasteiger partial charge on any atom is 0.316 e. The third-order valence-corrected chi connectivity index (χ3v) is 11.5. The number of amides is 8. The van der Waals surface area contributed by atoms with Crippen molar-refractivity contribution in [1.82, 2.24) is 47.1 Å². The number of pyridine rings is 1. The lowest BCUT2D eigenvalue weighted by Gasteiger charge is -2.31. The zero-order valence-corrected chi connectivity index (χ0v) is 37.6. The minimum Gasteiger partial charge on any atom is -0.505 e. The van der Waals surface area contributed by atoms with Crippen molar-refractivity contribution in [2.45, 2.75) is 114 Å². The Labute approximate surface area is 384 Å². The molecule has 19 heteroatoms. The van der Waals surface area contributed by atoms with Gasteiger partial charge in [0, 0.05) is 32.1 Å². The zero-order chi connectivity index (χ0) is 47.8. The molecule has 354 valence electrons. The minimum absolute atomic E-state index is 0.00212. The van der Waals surface area contributed by atoms with Crippen LogP contribution in [0.15, 0.2) is 79.0 Å². The van der Waals surface area contributed by atoms with Crippen LogP contribution >= 0.6 is 0 Å². The lowest BCUT2D eigenvalue weighted by Crippen LogP contribution is -2.61. The molecule has 0 saturated carbocycles. The van der Waals surface area contributed by atoms with E-state index in [-0.39, 0.29) is 57.5 Å². The highest BCUT2D eigenvalue weighted by Crippen LogP contribution is 2.21. The van der Waals surface area contributed by atoms with E-state index in [9.17, 15) is 43.5 Å². The molecule has 2 fully saturated rings. The zero-order valence-electron chi connectivity index (χ0n) is 37.6. The number of hydrogen-bond donors (Lipinski definition) is 9. The molecule has 3 heterocycles. The second-order valence-corrected chi connectivity index (χ2v) is 17.0. The molecule has 0 spiro atoms. The number of nitrogens with two attached hydrogens (primary N) is 1. The molecule has 1 aromatic heterocycles. The van der Waals surface area contributed by atoms with Crippen LogP contribution in [0.5, 0.6) is 5.75 Å². The number of carbonyl (C=O) groups excluding carboxylic acids is 8. The van der Waals surface area contributed by atoms with Crippen LogP contribution in [0.4, 0.5) is 4.79 Å². The number of Topliss-reactive ketones (excluding diaryl/α,β-unsaturated/α-hetero) is 1. The number of benzene rings is 2. The number of aromatic nitrogens is 1. The van der Waals surface area contributed by atoms with Gasteiger partial charge in [0.05, 0.1) is 12.1 Å². The molecule has 2 aromatic carbocycles. The molecular formula is C47H62N10O9. The topological polar surface area (TPSA) is 283 Å². The van der Waals surface area contributed by atoms with Gasteiger partial charge in [0.15, 0.2) is 11.5 Å². The van der Waals surface area contributed by atoms with Gasteiger partial charge >= 0.3 is 6.03 Å². The predicted molar refractivity (Wildman–Crippen MR) is 243 cm³/mol. The SMILES string of the molecule is CCC1NC(=O)C(NC(=O)c2ncccc2O)CNC(=O)C(Cc2ccccc2)NC(=O)C2CCCN2C(=O)C(Cc2ccccc2)NC(=O)NC(CC(C)C)C(=O)C(CCCN)NC1=O. The maximum atomic E-state index is 14.6. The molecule has 19 nitrogen and oxygen atoms in total. The first-order valence-corrected chi connectivity index (χ1v) is 22.5. The van der Waals surface area contributed by atoms with E-state index in [1.54, 1.807) is 61.5 Å². The maximum absolute atomic E-state index is 14.6. The van der Waals surface area contributed by atoms with Gasteiger partial charge in [0.2, 0.25) is 29.5 Å². The Kier molecular flexibility index (Phi) is 18.5. The number of rotatable bonds is 12. The Morgan fingerprint density at radius 3 is 2.02 bits per heavy atom. The highest BCUT2D eigenvalue weighted by molar-refractivity contribution is 6.01. The quantitative estimate of drug-likeness (QED) is 0.122. The highest BCUT2D eigenvalue weighted by Gasteiger charge is 2.40. The fraction of sp³-hybridized carbons (Fsp3) is 0.468. The van der Waals surface area contributed by atoms with E-state index in [2.05, 4.69) is 42.2 Å². The van der Waals surface area contributed by atoms with Gasteiger partial charge in [0.1, 0.15) is 36.0 Å². The van der Waals surface area contributed by atoms with Gasteiger partial charge < -0.3 is 53.0 Å². The number of nitrogens with zero attached hydrogens (tertiary/aromatic N) is 2. The summed E-state index contributed by atoms with van der Waals surface area (Å²) < 4.78 is 0. The second kappa shape index (κ2) is 24.4. The summed E-state index contributed by atoms with van der Waals surface area (Å²) in [6.07, 6.45) is 2.64. The van der Waals surface area contributed by atoms with E-state index in [1.807, 2.05) is 19.9 Å². The summed E-state index contributed by atoms with van der Waals surface area (Å²) >= 11 is 0. The second-order valence-electron chi connectivity index (χ2n) is 17.0. The third-order valence-electron chi connectivity index (χ3n) is 11.5. The van der Waals surface area contributed by atoms with E-state index in [0.29, 0.717) is 18.4 Å². The van der Waals surface area contributed by atoms with Crippen molar-refractivity contribution < 1.29 is 43.5 Å². The number of nitrogens with one attached hydrogen (secondary N) is 7. The normalized spacial score (nSPS) is 24.0. The lowest BCUT2D eigenvalue weighted by atomic mass is 9.93. The molecule has 2 aliphatic rings. The molecule has 7 atom stereocenters. The van der Waals surface area contributed by atoms with E-state index in [4.69, 9.17) is 5.73 Å². The van der Waals surface area contributed by atoms with Crippen molar-refractivity contribution in [2.75, 3.05) is 19.6 Å². The first kappa shape index (κ1) is 50.1. The van der Waals surface area contributed by atoms with Crippen molar-refractivity contribution in [2.24, 2.45) is 11.7 Å². The van der Waals surface area contributed by atoms with Crippen LogP contribution in [0, 0.1) is 5.92 Å². The van der Waals surface area contributed by atoms with Crippen molar-refractivity contribution in [3.05, 3.63) is 95.8 Å². The molecule has 10 N–H and O–H groups in total. The Morgan fingerprint density at radius 2 is 1.39 bits per heavy atom. The van der Waals surface area contributed by atoms with Crippen molar-refractivity contribution >= 4 is 47.3 Å². The Morgan fingerprint density at radius 1 is 0.773 bits per heavy atom. The smallest absolute Gasteiger partial charge is 0.316 e. The number of carbonyl (C=O) groups is 8. The molecule has 0 bridgehead atoms. The predicted octanol–water partition coefficient (Wildman–Crippen LogP) is 0.747. The third kappa shape index (κ3) is 14.1. The van der Waals surface area contributed by atoms with Gasteiger partial charge in [-0.05, 0) is 74.2 Å². The van der Waals surface area contributed by atoms with E-state index in [0.717, 1.165) is 5.56 Å². The summed E-state index contributed by atoms with van der Waals surface area (Å²) in [6.45, 7) is 5.16. The monoisotopic (exact) mass is 910 g/mol.